The lowest BCUT2D eigenvalue weighted by Crippen LogP contribution is -2.21. The van der Waals surface area contributed by atoms with E-state index in [9.17, 15) is 0 Å². The highest BCUT2D eigenvalue weighted by Crippen LogP contribution is 2.30. The SMILES string of the molecule is CSC1CCC(Nc2cccnc2C(N)=S)C1. The molecule has 2 unspecified atom stereocenters. The van der Waals surface area contributed by atoms with Crippen LogP contribution >= 0.6 is 24.0 Å². The zero-order valence-corrected chi connectivity index (χ0v) is 11.5. The first-order chi connectivity index (χ1) is 8.20. The largest absolute Gasteiger partial charge is 0.388 e. The highest BCUT2D eigenvalue weighted by Gasteiger charge is 2.24. The van der Waals surface area contributed by atoms with Crippen molar-refractivity contribution in [2.45, 2.75) is 30.6 Å². The van der Waals surface area contributed by atoms with Crippen molar-refractivity contribution in [3.05, 3.63) is 24.0 Å². The Kier molecular flexibility index (Phi) is 4.23. The van der Waals surface area contributed by atoms with Crippen molar-refractivity contribution in [3.63, 3.8) is 0 Å². The number of nitrogens with one attached hydrogen (secondary N) is 1. The minimum absolute atomic E-state index is 0.354. The van der Waals surface area contributed by atoms with Gasteiger partial charge in [-0.1, -0.05) is 12.2 Å². The molecule has 0 aliphatic heterocycles. The summed E-state index contributed by atoms with van der Waals surface area (Å²) in [5, 5.41) is 4.29. The topological polar surface area (TPSA) is 50.9 Å². The average molecular weight is 267 g/mol. The number of hydrogen-bond donors (Lipinski definition) is 2. The Morgan fingerprint density at radius 2 is 2.41 bits per heavy atom. The molecule has 0 bridgehead atoms. The summed E-state index contributed by atoms with van der Waals surface area (Å²) >= 11 is 6.96. The van der Waals surface area contributed by atoms with E-state index in [0.29, 0.717) is 16.7 Å². The molecule has 2 rings (SSSR count). The monoisotopic (exact) mass is 267 g/mol. The Labute approximate surface area is 112 Å². The summed E-state index contributed by atoms with van der Waals surface area (Å²) in [6.07, 6.45) is 7.59. The molecule has 1 fully saturated rings. The normalized spacial score (nSPS) is 23.6. The maximum absolute atomic E-state index is 5.67. The minimum Gasteiger partial charge on any atom is -0.388 e. The first kappa shape index (κ1) is 12.6. The molecular weight excluding hydrogens is 250 g/mol. The highest BCUT2D eigenvalue weighted by molar-refractivity contribution is 7.99. The zero-order chi connectivity index (χ0) is 12.3. The van der Waals surface area contributed by atoms with Crippen LogP contribution in [0.2, 0.25) is 0 Å². The van der Waals surface area contributed by atoms with Crippen LogP contribution in [0.5, 0.6) is 0 Å². The second-order valence-corrected chi connectivity index (χ2v) is 5.85. The molecule has 1 aliphatic rings. The third-order valence-electron chi connectivity index (χ3n) is 3.12. The van der Waals surface area contributed by atoms with Crippen molar-refractivity contribution in [1.29, 1.82) is 0 Å². The van der Waals surface area contributed by atoms with Crippen molar-refractivity contribution in [1.82, 2.24) is 4.98 Å². The number of nitrogens with two attached hydrogens (primary N) is 1. The van der Waals surface area contributed by atoms with E-state index in [1.54, 1.807) is 6.20 Å². The molecular formula is C12H17N3S2. The summed E-state index contributed by atoms with van der Waals surface area (Å²) in [5.41, 5.74) is 7.34. The lowest BCUT2D eigenvalue weighted by molar-refractivity contribution is 0.756. The minimum atomic E-state index is 0.354. The van der Waals surface area contributed by atoms with Gasteiger partial charge >= 0.3 is 0 Å². The summed E-state index contributed by atoms with van der Waals surface area (Å²) in [6.45, 7) is 0. The standard InChI is InChI=1S/C12H17N3S2/c1-17-9-5-4-8(7-9)15-10-3-2-6-14-11(10)12(13)16/h2-3,6,8-9,15H,4-5,7H2,1H3,(H2,13,16). The molecule has 2 atom stereocenters. The Balaban J connectivity index is 2.06. The molecule has 1 aliphatic carbocycles. The summed E-state index contributed by atoms with van der Waals surface area (Å²) < 4.78 is 0. The third kappa shape index (κ3) is 3.10. The quantitative estimate of drug-likeness (QED) is 0.821. The molecule has 0 radical (unpaired) electrons. The number of aromatic nitrogens is 1. The van der Waals surface area contributed by atoms with Crippen LogP contribution in [0.3, 0.4) is 0 Å². The van der Waals surface area contributed by atoms with Crippen LogP contribution in [-0.2, 0) is 0 Å². The van der Waals surface area contributed by atoms with E-state index >= 15 is 0 Å². The molecule has 3 N–H and O–H groups in total. The number of nitrogens with zero attached hydrogens (tertiary/aromatic N) is 1. The van der Waals surface area contributed by atoms with E-state index in [1.807, 2.05) is 23.9 Å². The lowest BCUT2D eigenvalue weighted by Gasteiger charge is -2.16. The van der Waals surface area contributed by atoms with Gasteiger partial charge in [0.05, 0.1) is 5.69 Å². The predicted molar refractivity (Wildman–Crippen MR) is 78.7 cm³/mol. The van der Waals surface area contributed by atoms with Crippen molar-refractivity contribution in [3.8, 4) is 0 Å². The summed E-state index contributed by atoms with van der Waals surface area (Å²) in [6, 6.07) is 4.42. The second-order valence-electron chi connectivity index (χ2n) is 4.28. The van der Waals surface area contributed by atoms with Gasteiger partial charge in [0.2, 0.25) is 0 Å². The van der Waals surface area contributed by atoms with E-state index in [0.717, 1.165) is 10.9 Å². The molecule has 0 saturated heterocycles. The fourth-order valence-corrected chi connectivity index (χ4v) is 3.18. The molecule has 17 heavy (non-hydrogen) atoms. The van der Waals surface area contributed by atoms with Gasteiger partial charge < -0.3 is 11.1 Å². The fourth-order valence-electron chi connectivity index (χ4n) is 2.22. The van der Waals surface area contributed by atoms with Crippen LogP contribution < -0.4 is 11.1 Å². The van der Waals surface area contributed by atoms with Gasteiger partial charge in [-0.3, -0.25) is 4.98 Å². The highest BCUT2D eigenvalue weighted by atomic mass is 32.2. The molecule has 0 aromatic carbocycles. The molecule has 0 amide bonds. The van der Waals surface area contributed by atoms with Gasteiger partial charge in [-0.15, -0.1) is 0 Å². The smallest absolute Gasteiger partial charge is 0.124 e. The number of thioether (sulfide) groups is 1. The molecule has 1 aromatic rings. The van der Waals surface area contributed by atoms with E-state index in [-0.39, 0.29) is 0 Å². The van der Waals surface area contributed by atoms with Crippen LogP contribution in [0.1, 0.15) is 25.0 Å². The number of hydrogen-bond acceptors (Lipinski definition) is 4. The molecule has 92 valence electrons. The molecule has 0 spiro atoms. The molecule has 1 saturated carbocycles. The van der Waals surface area contributed by atoms with Crippen LogP contribution in [0.25, 0.3) is 0 Å². The van der Waals surface area contributed by atoms with Crippen LogP contribution in [0.15, 0.2) is 18.3 Å². The number of anilines is 1. The molecule has 1 aromatic heterocycles. The van der Waals surface area contributed by atoms with Crippen LogP contribution in [0.4, 0.5) is 5.69 Å². The number of pyridine rings is 1. The van der Waals surface area contributed by atoms with E-state index in [4.69, 9.17) is 18.0 Å². The summed E-state index contributed by atoms with van der Waals surface area (Å²) in [7, 11) is 0. The molecule has 5 heteroatoms. The average Bonchev–Trinajstić information content (AvgIpc) is 2.77. The Morgan fingerprint density at radius 1 is 1.59 bits per heavy atom. The molecule has 1 heterocycles. The fraction of sp³-hybridized carbons (Fsp3) is 0.500. The predicted octanol–water partition coefficient (Wildman–Crippen LogP) is 2.41. The van der Waals surface area contributed by atoms with Gasteiger partial charge in [-0.05, 0) is 37.7 Å². The van der Waals surface area contributed by atoms with Crippen LogP contribution in [-0.4, -0.2) is 27.5 Å². The molecule has 3 nitrogen and oxygen atoms in total. The maximum Gasteiger partial charge on any atom is 0.124 e. The summed E-state index contributed by atoms with van der Waals surface area (Å²) in [5.74, 6) is 0. The number of rotatable bonds is 4. The first-order valence-electron chi connectivity index (χ1n) is 5.75. The van der Waals surface area contributed by atoms with Gasteiger partial charge in [0.25, 0.3) is 0 Å². The van der Waals surface area contributed by atoms with Gasteiger partial charge in [0.1, 0.15) is 10.7 Å². The summed E-state index contributed by atoms with van der Waals surface area (Å²) in [4.78, 5) is 4.58. The van der Waals surface area contributed by atoms with Crippen LogP contribution in [0, 0.1) is 0 Å². The Bertz CT molecular complexity index is 408. The van der Waals surface area contributed by atoms with E-state index in [2.05, 4.69) is 16.6 Å². The van der Waals surface area contributed by atoms with Crippen molar-refractivity contribution >= 4 is 34.7 Å². The first-order valence-corrected chi connectivity index (χ1v) is 7.44. The van der Waals surface area contributed by atoms with Gasteiger partial charge in [-0.2, -0.15) is 11.8 Å². The van der Waals surface area contributed by atoms with Gasteiger partial charge in [-0.25, -0.2) is 0 Å². The zero-order valence-electron chi connectivity index (χ0n) is 9.85. The van der Waals surface area contributed by atoms with Gasteiger partial charge in [0, 0.05) is 17.5 Å². The Hall–Kier alpha value is -0.810. The van der Waals surface area contributed by atoms with E-state index < -0.39 is 0 Å². The maximum atomic E-state index is 5.67. The lowest BCUT2D eigenvalue weighted by atomic mass is 10.2. The Morgan fingerprint density at radius 3 is 3.06 bits per heavy atom. The van der Waals surface area contributed by atoms with E-state index in [1.165, 1.54) is 19.3 Å². The van der Waals surface area contributed by atoms with Crippen molar-refractivity contribution in [2.24, 2.45) is 5.73 Å². The van der Waals surface area contributed by atoms with Crippen molar-refractivity contribution in [2.75, 3.05) is 11.6 Å². The van der Waals surface area contributed by atoms with Gasteiger partial charge in [0.15, 0.2) is 0 Å². The third-order valence-corrected chi connectivity index (χ3v) is 4.41. The van der Waals surface area contributed by atoms with Crippen molar-refractivity contribution < 1.29 is 0 Å². The number of thiocarbonyl (C=S) groups is 1. The second kappa shape index (κ2) is 5.69.